The molecule has 1 atom stereocenters. The van der Waals surface area contributed by atoms with E-state index in [0.717, 1.165) is 19.0 Å². The molecule has 1 aliphatic heterocycles. The summed E-state index contributed by atoms with van der Waals surface area (Å²) in [7, 11) is 0. The highest BCUT2D eigenvalue weighted by atomic mass is 15.2. The van der Waals surface area contributed by atoms with Gasteiger partial charge in [0.15, 0.2) is 0 Å². The van der Waals surface area contributed by atoms with Crippen LogP contribution in [0.1, 0.15) is 53.9 Å². The Labute approximate surface area is 119 Å². The van der Waals surface area contributed by atoms with E-state index in [1.807, 2.05) is 6.08 Å². The zero-order valence-corrected chi connectivity index (χ0v) is 13.3. The van der Waals surface area contributed by atoms with Gasteiger partial charge in [0, 0.05) is 24.9 Å². The molecule has 0 aliphatic carbocycles. The Hall–Kier alpha value is -1.16. The standard InChI is InChI=1S/C18H29N/c1-7-10-17(19-13-11-15(4)14-19)16(9-3)18(5,6)12-8-2/h1,9-10,15H,8,11-14H2,2-6H3/b16-9+,17-10+. The van der Waals surface area contributed by atoms with Crippen LogP contribution in [0.25, 0.3) is 0 Å². The predicted octanol–water partition coefficient (Wildman–Crippen LogP) is 4.62. The molecule has 1 unspecified atom stereocenters. The molecule has 1 heterocycles. The van der Waals surface area contributed by atoms with Gasteiger partial charge in [-0.1, -0.05) is 46.1 Å². The molecule has 1 saturated heterocycles. The maximum Gasteiger partial charge on any atom is 0.0485 e. The lowest BCUT2D eigenvalue weighted by atomic mass is 9.78. The Morgan fingerprint density at radius 1 is 1.47 bits per heavy atom. The van der Waals surface area contributed by atoms with Crippen LogP contribution in [-0.4, -0.2) is 18.0 Å². The van der Waals surface area contributed by atoms with Crippen LogP contribution in [0.4, 0.5) is 0 Å². The molecule has 1 nitrogen and oxygen atoms in total. The van der Waals surface area contributed by atoms with Crippen LogP contribution in [0.2, 0.25) is 0 Å². The van der Waals surface area contributed by atoms with Gasteiger partial charge in [0.05, 0.1) is 0 Å². The van der Waals surface area contributed by atoms with Gasteiger partial charge < -0.3 is 4.90 Å². The Balaban J connectivity index is 3.05. The Morgan fingerprint density at radius 3 is 2.58 bits per heavy atom. The first-order valence-corrected chi connectivity index (χ1v) is 7.54. The van der Waals surface area contributed by atoms with Crippen molar-refractivity contribution in [3.05, 3.63) is 23.4 Å². The molecule has 106 valence electrons. The maximum atomic E-state index is 5.56. The molecule has 0 aromatic carbocycles. The molecule has 0 aromatic rings. The Morgan fingerprint density at radius 2 is 2.16 bits per heavy atom. The summed E-state index contributed by atoms with van der Waals surface area (Å²) in [6, 6.07) is 0. The van der Waals surface area contributed by atoms with Gasteiger partial charge in [0.2, 0.25) is 0 Å². The lowest BCUT2D eigenvalue weighted by Gasteiger charge is -2.34. The Kier molecular flexibility index (Phi) is 5.73. The van der Waals surface area contributed by atoms with Crippen LogP contribution in [0.3, 0.4) is 0 Å². The van der Waals surface area contributed by atoms with Crippen molar-refractivity contribution < 1.29 is 0 Å². The number of rotatable bonds is 5. The van der Waals surface area contributed by atoms with E-state index in [0.29, 0.717) is 0 Å². The van der Waals surface area contributed by atoms with Gasteiger partial charge in [-0.25, -0.2) is 0 Å². The lowest BCUT2D eigenvalue weighted by Crippen LogP contribution is -2.27. The molecular formula is C18H29N. The van der Waals surface area contributed by atoms with Crippen LogP contribution in [0.15, 0.2) is 23.4 Å². The number of hydrogen-bond acceptors (Lipinski definition) is 1. The first kappa shape index (κ1) is 15.9. The third-order valence-corrected chi connectivity index (χ3v) is 4.15. The summed E-state index contributed by atoms with van der Waals surface area (Å²) in [6.45, 7) is 13.6. The van der Waals surface area contributed by atoms with Gasteiger partial charge in [-0.2, -0.15) is 0 Å². The molecule has 0 spiro atoms. The zero-order chi connectivity index (χ0) is 14.5. The zero-order valence-electron chi connectivity index (χ0n) is 13.3. The monoisotopic (exact) mass is 259 g/mol. The molecule has 0 saturated carbocycles. The molecule has 0 amide bonds. The quantitative estimate of drug-likeness (QED) is 0.514. The molecule has 0 N–H and O–H groups in total. The molecule has 0 radical (unpaired) electrons. The largest absolute Gasteiger partial charge is 0.371 e. The highest BCUT2D eigenvalue weighted by Crippen LogP contribution is 2.38. The summed E-state index contributed by atoms with van der Waals surface area (Å²) in [5.74, 6) is 3.52. The van der Waals surface area contributed by atoms with E-state index in [1.165, 1.54) is 30.5 Å². The van der Waals surface area contributed by atoms with Gasteiger partial charge in [-0.05, 0) is 36.7 Å². The second kappa shape index (κ2) is 6.85. The normalized spacial score (nSPS) is 21.7. The molecule has 0 bridgehead atoms. The molecular weight excluding hydrogens is 230 g/mol. The van der Waals surface area contributed by atoms with Crippen molar-refractivity contribution in [1.29, 1.82) is 0 Å². The average molecular weight is 259 g/mol. The number of hydrogen-bond donors (Lipinski definition) is 0. The van der Waals surface area contributed by atoms with E-state index in [2.05, 4.69) is 51.5 Å². The van der Waals surface area contributed by atoms with Crippen molar-refractivity contribution in [3.63, 3.8) is 0 Å². The number of likely N-dealkylation sites (tertiary alicyclic amines) is 1. The van der Waals surface area contributed by atoms with E-state index < -0.39 is 0 Å². The van der Waals surface area contributed by atoms with Crippen LogP contribution in [0, 0.1) is 23.7 Å². The van der Waals surface area contributed by atoms with Crippen LogP contribution in [0.5, 0.6) is 0 Å². The molecule has 0 aromatic heterocycles. The van der Waals surface area contributed by atoms with Gasteiger partial charge in [0.25, 0.3) is 0 Å². The van der Waals surface area contributed by atoms with Crippen molar-refractivity contribution in [2.75, 3.05) is 13.1 Å². The molecule has 1 rings (SSSR count). The highest BCUT2D eigenvalue weighted by Gasteiger charge is 2.29. The van der Waals surface area contributed by atoms with Gasteiger partial charge in [-0.3, -0.25) is 0 Å². The van der Waals surface area contributed by atoms with Crippen molar-refractivity contribution in [3.8, 4) is 12.3 Å². The van der Waals surface area contributed by atoms with Crippen LogP contribution in [-0.2, 0) is 0 Å². The molecule has 1 heteroatoms. The molecule has 1 aliphatic rings. The van der Waals surface area contributed by atoms with Gasteiger partial charge >= 0.3 is 0 Å². The topological polar surface area (TPSA) is 3.24 Å². The van der Waals surface area contributed by atoms with Gasteiger partial charge in [0.1, 0.15) is 0 Å². The van der Waals surface area contributed by atoms with Gasteiger partial charge in [-0.15, -0.1) is 6.42 Å². The first-order valence-electron chi connectivity index (χ1n) is 7.54. The Bertz CT molecular complexity index is 392. The molecule has 1 fully saturated rings. The fraction of sp³-hybridized carbons (Fsp3) is 0.667. The summed E-state index contributed by atoms with van der Waals surface area (Å²) in [5.41, 5.74) is 2.87. The summed E-state index contributed by atoms with van der Waals surface area (Å²) in [4.78, 5) is 2.47. The summed E-state index contributed by atoms with van der Waals surface area (Å²) in [6.07, 6.45) is 13.4. The third-order valence-electron chi connectivity index (χ3n) is 4.15. The SMILES string of the molecule is C#C/C=C(\C(=C/C)C(C)(C)CCC)N1CCC(C)C1. The second-order valence-electron chi connectivity index (χ2n) is 6.37. The summed E-state index contributed by atoms with van der Waals surface area (Å²) >= 11 is 0. The third kappa shape index (κ3) is 3.90. The van der Waals surface area contributed by atoms with Crippen molar-refractivity contribution in [2.24, 2.45) is 11.3 Å². The summed E-state index contributed by atoms with van der Waals surface area (Å²) < 4.78 is 0. The van der Waals surface area contributed by atoms with Crippen molar-refractivity contribution >= 4 is 0 Å². The van der Waals surface area contributed by atoms with Crippen LogP contribution >= 0.6 is 0 Å². The minimum absolute atomic E-state index is 0.192. The van der Waals surface area contributed by atoms with E-state index in [1.54, 1.807) is 0 Å². The molecule has 19 heavy (non-hydrogen) atoms. The lowest BCUT2D eigenvalue weighted by molar-refractivity contribution is 0.354. The van der Waals surface area contributed by atoms with E-state index in [9.17, 15) is 0 Å². The van der Waals surface area contributed by atoms with Crippen LogP contribution < -0.4 is 0 Å². The smallest absolute Gasteiger partial charge is 0.0485 e. The van der Waals surface area contributed by atoms with E-state index in [-0.39, 0.29) is 5.41 Å². The second-order valence-corrected chi connectivity index (χ2v) is 6.37. The predicted molar refractivity (Wildman–Crippen MR) is 84.7 cm³/mol. The maximum absolute atomic E-state index is 5.56. The van der Waals surface area contributed by atoms with E-state index >= 15 is 0 Å². The van der Waals surface area contributed by atoms with Crippen molar-refractivity contribution in [2.45, 2.75) is 53.9 Å². The average Bonchev–Trinajstić information content (AvgIpc) is 2.75. The number of allylic oxidation sites excluding steroid dienone is 3. The van der Waals surface area contributed by atoms with E-state index in [4.69, 9.17) is 6.42 Å². The fourth-order valence-electron chi connectivity index (χ4n) is 3.22. The minimum Gasteiger partial charge on any atom is -0.371 e. The van der Waals surface area contributed by atoms with Crippen molar-refractivity contribution in [1.82, 2.24) is 4.90 Å². The first-order chi connectivity index (χ1) is 8.96. The minimum atomic E-state index is 0.192. The highest BCUT2D eigenvalue weighted by molar-refractivity contribution is 5.38. The fourth-order valence-corrected chi connectivity index (χ4v) is 3.22. The number of terminal acetylenes is 1. The number of nitrogens with zero attached hydrogens (tertiary/aromatic N) is 1. The summed E-state index contributed by atoms with van der Waals surface area (Å²) in [5, 5.41) is 0.